The third-order valence-electron chi connectivity index (χ3n) is 2.11. The first-order valence-corrected chi connectivity index (χ1v) is 4.50. The minimum Gasteiger partial charge on any atom is -0.259 e. The maximum Gasteiger partial charge on any atom is 0.172 e. The van der Waals surface area contributed by atoms with Gasteiger partial charge in [0, 0.05) is 18.6 Å². The first-order valence-electron chi connectivity index (χ1n) is 4.50. The molecular weight excluding hydrogens is 190 g/mol. The van der Waals surface area contributed by atoms with Crippen molar-refractivity contribution in [2.75, 3.05) is 0 Å². The van der Waals surface area contributed by atoms with Crippen molar-refractivity contribution in [2.45, 2.75) is 0 Å². The quantitative estimate of drug-likeness (QED) is 0.588. The van der Waals surface area contributed by atoms with E-state index in [-0.39, 0.29) is 0 Å². The van der Waals surface area contributed by atoms with E-state index < -0.39 is 0 Å². The molecule has 0 aliphatic carbocycles. The van der Waals surface area contributed by atoms with Crippen LogP contribution in [-0.2, 0) is 0 Å². The van der Waals surface area contributed by atoms with Gasteiger partial charge in [0.2, 0.25) is 0 Å². The molecule has 15 heavy (non-hydrogen) atoms. The molecule has 0 fully saturated rings. The highest BCUT2D eigenvalue weighted by atomic mass is 15.3. The second kappa shape index (κ2) is 3.13. The van der Waals surface area contributed by atoms with Crippen LogP contribution in [0.1, 0.15) is 0 Å². The zero-order valence-corrected chi connectivity index (χ0v) is 7.78. The van der Waals surface area contributed by atoms with Crippen molar-refractivity contribution >= 4 is 11.0 Å². The molecule has 0 N–H and O–H groups in total. The Hall–Kier alpha value is -2.30. The second-order valence-electron chi connectivity index (χ2n) is 3.03. The summed E-state index contributed by atoms with van der Waals surface area (Å²) in [6.07, 6.45) is 8.39. The van der Waals surface area contributed by atoms with Crippen molar-refractivity contribution in [1.29, 1.82) is 0 Å². The summed E-state index contributed by atoms with van der Waals surface area (Å²) in [4.78, 5) is 12.4. The van der Waals surface area contributed by atoms with Crippen LogP contribution in [0.4, 0.5) is 0 Å². The van der Waals surface area contributed by atoms with Crippen LogP contribution in [0.5, 0.6) is 0 Å². The van der Waals surface area contributed by atoms with Crippen LogP contribution in [0, 0.1) is 0 Å². The summed E-state index contributed by atoms with van der Waals surface area (Å²) in [6.45, 7) is 0. The molecule has 0 aliphatic rings. The molecule has 5 nitrogen and oxygen atoms in total. The minimum atomic E-state index is 0.695. The van der Waals surface area contributed by atoms with Gasteiger partial charge in [-0.2, -0.15) is 5.10 Å². The van der Waals surface area contributed by atoms with Crippen LogP contribution in [0.3, 0.4) is 0 Å². The van der Waals surface area contributed by atoms with Gasteiger partial charge in [0.25, 0.3) is 0 Å². The Morgan fingerprint density at radius 1 is 1.00 bits per heavy atom. The average molecular weight is 197 g/mol. The van der Waals surface area contributed by atoms with Crippen LogP contribution in [0.15, 0.2) is 43.1 Å². The van der Waals surface area contributed by atoms with Gasteiger partial charge < -0.3 is 0 Å². The van der Waals surface area contributed by atoms with Gasteiger partial charge in [0.05, 0.1) is 17.9 Å². The van der Waals surface area contributed by atoms with Gasteiger partial charge in [-0.25, -0.2) is 9.67 Å². The summed E-state index contributed by atoms with van der Waals surface area (Å²) in [5, 5.41) is 4.22. The molecule has 0 aliphatic heterocycles. The van der Waals surface area contributed by atoms with Gasteiger partial charge in [0.1, 0.15) is 5.52 Å². The molecule has 0 bridgehead atoms. The normalized spacial score (nSPS) is 10.7. The Bertz CT molecular complexity index is 587. The maximum absolute atomic E-state index is 4.22. The summed E-state index contributed by atoms with van der Waals surface area (Å²) in [7, 11) is 0. The third kappa shape index (κ3) is 1.25. The van der Waals surface area contributed by atoms with Crippen molar-refractivity contribution in [3.8, 4) is 5.82 Å². The number of nitrogens with zero attached hydrogens (tertiary/aromatic N) is 5. The van der Waals surface area contributed by atoms with Gasteiger partial charge in [-0.15, -0.1) is 0 Å². The molecule has 72 valence electrons. The minimum absolute atomic E-state index is 0.695. The monoisotopic (exact) mass is 197 g/mol. The van der Waals surface area contributed by atoms with E-state index in [1.54, 1.807) is 35.7 Å². The fourth-order valence-electron chi connectivity index (χ4n) is 1.45. The molecule has 0 unspecified atom stereocenters. The lowest BCUT2D eigenvalue weighted by Crippen LogP contribution is -1.99. The highest BCUT2D eigenvalue weighted by Crippen LogP contribution is 2.12. The third-order valence-corrected chi connectivity index (χ3v) is 2.11. The summed E-state index contributed by atoms with van der Waals surface area (Å²) >= 11 is 0. The Morgan fingerprint density at radius 3 is 2.87 bits per heavy atom. The van der Waals surface area contributed by atoms with Crippen molar-refractivity contribution < 1.29 is 0 Å². The number of hydrogen-bond donors (Lipinski definition) is 0. The summed E-state index contributed by atoms with van der Waals surface area (Å²) in [5.41, 5.74) is 1.78. The SMILES string of the molecule is c1cnc2cnn(-c3cnccn3)c2c1. The summed E-state index contributed by atoms with van der Waals surface area (Å²) < 4.78 is 1.72. The fourth-order valence-corrected chi connectivity index (χ4v) is 1.45. The fraction of sp³-hybridized carbons (Fsp3) is 0. The predicted molar refractivity (Wildman–Crippen MR) is 54.5 cm³/mol. The highest BCUT2D eigenvalue weighted by molar-refractivity contribution is 5.75. The standard InChI is InChI=1S/C10H7N5/c1-2-9-8(12-3-1)6-14-15(9)10-7-11-4-5-13-10/h1-7H. The van der Waals surface area contributed by atoms with Crippen LogP contribution in [-0.4, -0.2) is 24.7 Å². The lowest BCUT2D eigenvalue weighted by atomic mass is 10.4. The van der Waals surface area contributed by atoms with Gasteiger partial charge in [-0.1, -0.05) is 0 Å². The Morgan fingerprint density at radius 2 is 2.00 bits per heavy atom. The van der Waals surface area contributed by atoms with E-state index in [9.17, 15) is 0 Å². The predicted octanol–water partition coefficient (Wildman–Crippen LogP) is 1.21. The molecule has 0 atom stereocenters. The van der Waals surface area contributed by atoms with Crippen LogP contribution in [0.25, 0.3) is 16.9 Å². The van der Waals surface area contributed by atoms with E-state index in [4.69, 9.17) is 0 Å². The molecule has 0 radical (unpaired) electrons. The molecule has 0 spiro atoms. The zero-order valence-electron chi connectivity index (χ0n) is 7.78. The molecule has 3 heterocycles. The lowest BCUT2D eigenvalue weighted by molar-refractivity contribution is 0.864. The smallest absolute Gasteiger partial charge is 0.172 e. The number of pyridine rings is 1. The largest absolute Gasteiger partial charge is 0.259 e. The number of fused-ring (bicyclic) bond motifs is 1. The van der Waals surface area contributed by atoms with Gasteiger partial charge >= 0.3 is 0 Å². The Labute approximate surface area is 85.4 Å². The topological polar surface area (TPSA) is 56.5 Å². The summed E-state index contributed by atoms with van der Waals surface area (Å²) in [5.74, 6) is 0.695. The molecular formula is C10H7N5. The van der Waals surface area contributed by atoms with Crippen LogP contribution < -0.4 is 0 Å². The maximum atomic E-state index is 4.22. The average Bonchev–Trinajstić information content (AvgIpc) is 2.74. The lowest BCUT2D eigenvalue weighted by Gasteiger charge is -1.99. The van der Waals surface area contributed by atoms with Gasteiger partial charge in [-0.05, 0) is 12.1 Å². The van der Waals surface area contributed by atoms with E-state index >= 15 is 0 Å². The Balaban J connectivity index is 2.28. The zero-order chi connectivity index (χ0) is 10.1. The molecule has 3 aromatic rings. The van der Waals surface area contributed by atoms with E-state index in [0.717, 1.165) is 11.0 Å². The van der Waals surface area contributed by atoms with Gasteiger partial charge in [0.15, 0.2) is 5.82 Å². The number of rotatable bonds is 1. The van der Waals surface area contributed by atoms with E-state index in [2.05, 4.69) is 20.1 Å². The second-order valence-corrected chi connectivity index (χ2v) is 3.03. The van der Waals surface area contributed by atoms with Crippen LogP contribution in [0.2, 0.25) is 0 Å². The molecule has 0 amide bonds. The first-order chi connectivity index (χ1) is 7.45. The van der Waals surface area contributed by atoms with Gasteiger partial charge in [-0.3, -0.25) is 9.97 Å². The molecule has 0 saturated heterocycles. The van der Waals surface area contributed by atoms with Crippen molar-refractivity contribution in [1.82, 2.24) is 24.7 Å². The van der Waals surface area contributed by atoms with Crippen molar-refractivity contribution in [3.05, 3.63) is 43.1 Å². The van der Waals surface area contributed by atoms with E-state index in [1.165, 1.54) is 0 Å². The van der Waals surface area contributed by atoms with E-state index in [0.29, 0.717) is 5.82 Å². The number of hydrogen-bond acceptors (Lipinski definition) is 4. The molecule has 3 aromatic heterocycles. The molecule has 3 rings (SSSR count). The Kier molecular flexibility index (Phi) is 1.68. The van der Waals surface area contributed by atoms with Crippen molar-refractivity contribution in [2.24, 2.45) is 0 Å². The summed E-state index contributed by atoms with van der Waals surface area (Å²) in [6, 6.07) is 3.82. The highest BCUT2D eigenvalue weighted by Gasteiger charge is 2.04. The molecule has 5 heteroatoms. The molecule has 0 aromatic carbocycles. The van der Waals surface area contributed by atoms with Crippen LogP contribution >= 0.6 is 0 Å². The number of aromatic nitrogens is 5. The molecule has 0 saturated carbocycles. The van der Waals surface area contributed by atoms with Crippen molar-refractivity contribution in [3.63, 3.8) is 0 Å². The van der Waals surface area contributed by atoms with E-state index in [1.807, 2.05) is 12.1 Å². The first kappa shape index (κ1) is 8.05.